The van der Waals surface area contributed by atoms with Gasteiger partial charge in [-0.3, -0.25) is 24.2 Å². The molecule has 70 heavy (non-hydrogen) atoms. The van der Waals surface area contributed by atoms with Crippen LogP contribution in [0.1, 0.15) is 90.1 Å². The highest BCUT2D eigenvalue weighted by atomic mass is 127. The van der Waals surface area contributed by atoms with E-state index in [9.17, 15) is 39.6 Å². The van der Waals surface area contributed by atoms with Crippen molar-refractivity contribution >= 4 is 62.6 Å². The number of methoxy groups -OCH3 is 1. The molecule has 1 saturated heterocycles. The summed E-state index contributed by atoms with van der Waals surface area (Å²) in [5.74, 6) is -8.46. The number of carbonyl (C=O) groups excluding carboxylic acids is 4. The number of phenolic OH excluding ortho intramolecular Hbond substituents is 2. The number of rotatable bonds is 10. The number of nitrogens with zero attached hydrogens (tertiary/aromatic N) is 4. The molecule has 2 aromatic rings. The molecule has 1 unspecified atom stereocenters. The molecule has 6 N–H and O–H groups in total. The topological polar surface area (TPSA) is 241 Å². The zero-order chi connectivity index (χ0) is 51.6. The summed E-state index contributed by atoms with van der Waals surface area (Å²) in [6.45, 7) is 16.9. The number of nitrogens with one attached hydrogen (secondary N) is 2. The molecule has 4 bridgehead atoms. The molecule has 18 nitrogen and oxygen atoms in total. The van der Waals surface area contributed by atoms with Crippen LogP contribution in [0.2, 0.25) is 0 Å². The second kappa shape index (κ2) is 22.4. The Kier molecular flexibility index (Phi) is 17.5. The van der Waals surface area contributed by atoms with E-state index in [1.807, 2.05) is 19.0 Å². The van der Waals surface area contributed by atoms with E-state index < -0.39 is 101 Å². The summed E-state index contributed by atoms with van der Waals surface area (Å²) in [6.07, 6.45) is 4.49. The van der Waals surface area contributed by atoms with E-state index >= 15 is 0 Å². The van der Waals surface area contributed by atoms with E-state index in [1.165, 1.54) is 32.4 Å². The number of likely N-dealkylation sites (tertiary alicyclic amines) is 1. The number of hydrogen-bond donors (Lipinski definition) is 6. The number of aliphatic hydroxyl groups is 2. The zero-order valence-electron chi connectivity index (χ0n) is 42.2. The highest BCUT2D eigenvalue weighted by molar-refractivity contribution is 14.1. The van der Waals surface area contributed by atoms with E-state index in [-0.39, 0.29) is 43.9 Å². The first kappa shape index (κ1) is 54.7. The first-order chi connectivity index (χ1) is 32.9. The van der Waals surface area contributed by atoms with Gasteiger partial charge in [0.05, 0.1) is 41.2 Å². The van der Waals surface area contributed by atoms with Crippen LogP contribution in [-0.4, -0.2) is 148 Å². The molecule has 4 heterocycles. The van der Waals surface area contributed by atoms with Crippen LogP contribution in [0.3, 0.4) is 0 Å². The summed E-state index contributed by atoms with van der Waals surface area (Å²) in [7, 11) is 5.28. The van der Waals surface area contributed by atoms with Crippen molar-refractivity contribution in [3.8, 4) is 17.2 Å². The molecule has 0 aliphatic carbocycles. The van der Waals surface area contributed by atoms with Crippen molar-refractivity contribution in [1.29, 1.82) is 0 Å². The average molecular weight is 1090 g/mol. The lowest BCUT2D eigenvalue weighted by Crippen LogP contribution is -2.47. The largest absolute Gasteiger partial charge is 0.507 e. The van der Waals surface area contributed by atoms with Gasteiger partial charge in [0.15, 0.2) is 5.75 Å². The highest BCUT2D eigenvalue weighted by Crippen LogP contribution is 2.51. The third kappa shape index (κ3) is 11.5. The maximum Gasteiger partial charge on any atom is 0.315 e. The number of aliphatic hydroxyl groups excluding tert-OH is 2. The van der Waals surface area contributed by atoms with Crippen molar-refractivity contribution in [2.24, 2.45) is 33.7 Å². The zero-order valence-corrected chi connectivity index (χ0v) is 44.3. The molecule has 0 saturated carbocycles. The van der Waals surface area contributed by atoms with Gasteiger partial charge in [-0.15, -0.1) is 0 Å². The van der Waals surface area contributed by atoms with Crippen LogP contribution in [0.5, 0.6) is 17.2 Å². The average Bonchev–Trinajstić information content (AvgIpc) is 3.81. The molecule has 2 aromatic carbocycles. The number of hydrogen-bond acceptors (Lipinski definition) is 16. The monoisotopic (exact) mass is 1090 g/mol. The lowest BCUT2D eigenvalue weighted by atomic mass is 9.78. The number of halogens is 1. The number of Topliss-reactive ketones (excluding diaryl/α,β-unsaturated/α-hetero) is 1. The SMILES string of the molecule is CO[C@H]1/C=C/O[C@@]2(C)Oc3c(C)c(O)c4c(O)c(c5c(c4c3C2=O)NC2(CCN(CC(C)I)CC2)N=5)=NC(=O)/C(C)=C\C=C\[C@H](C)[C@H](O)[C@@H](C)[C@@H](O)[C@@H](C)[C@H](OC(=O)CC(=O)NCCCN(C)C)[C@@H]1C. The lowest BCUT2D eigenvalue weighted by Gasteiger charge is -2.38. The van der Waals surface area contributed by atoms with E-state index in [1.54, 1.807) is 53.7 Å². The summed E-state index contributed by atoms with van der Waals surface area (Å²) < 4.78 is 24.8. The Morgan fingerprint density at radius 2 is 1.70 bits per heavy atom. The van der Waals surface area contributed by atoms with Crippen LogP contribution in [0.15, 0.2) is 46.1 Å². The normalized spacial score (nSPS) is 30.4. The maximum absolute atomic E-state index is 14.9. The molecule has 4 aliphatic rings. The van der Waals surface area contributed by atoms with Crippen molar-refractivity contribution in [1.82, 2.24) is 15.1 Å². The van der Waals surface area contributed by atoms with Crippen molar-refractivity contribution in [2.75, 3.05) is 59.2 Å². The number of esters is 1. The number of carbonyl (C=O) groups is 4. The van der Waals surface area contributed by atoms with Gasteiger partial charge < -0.3 is 59.8 Å². The van der Waals surface area contributed by atoms with E-state index in [0.717, 1.165) is 13.1 Å². The van der Waals surface area contributed by atoms with Crippen LogP contribution in [0, 0.1) is 30.6 Å². The summed E-state index contributed by atoms with van der Waals surface area (Å²) in [5.41, 5.74) is -0.247. The van der Waals surface area contributed by atoms with E-state index in [4.69, 9.17) is 23.9 Å². The number of ketones is 1. The van der Waals surface area contributed by atoms with Crippen LogP contribution in [0.4, 0.5) is 5.69 Å². The molecule has 384 valence electrons. The predicted molar refractivity (Wildman–Crippen MR) is 271 cm³/mol. The number of alkyl halides is 1. The fourth-order valence-corrected chi connectivity index (χ4v) is 10.5. The minimum atomic E-state index is -2.01. The molecule has 1 spiro atoms. The number of fused-ring (bicyclic) bond motifs is 1. The number of aromatic hydroxyl groups is 2. The van der Waals surface area contributed by atoms with Crippen LogP contribution >= 0.6 is 22.6 Å². The number of anilines is 1. The number of piperidine rings is 1. The number of benzene rings is 2. The van der Waals surface area contributed by atoms with Gasteiger partial charge in [0.2, 0.25) is 5.91 Å². The number of allylic oxidation sites excluding steroid dienone is 2. The van der Waals surface area contributed by atoms with E-state index in [2.05, 4.69) is 50.0 Å². The number of ether oxygens (including phenoxy) is 4. The van der Waals surface area contributed by atoms with Gasteiger partial charge in [-0.05, 0) is 47.0 Å². The Labute approximate surface area is 423 Å². The summed E-state index contributed by atoms with van der Waals surface area (Å²) in [6, 6.07) is 0. The summed E-state index contributed by atoms with van der Waals surface area (Å²) >= 11 is 2.40. The quantitative estimate of drug-likeness (QED) is 0.0484. The first-order valence-corrected chi connectivity index (χ1v) is 25.3. The molecule has 10 atom stereocenters. The molecule has 4 aliphatic heterocycles. The Morgan fingerprint density at radius 3 is 2.34 bits per heavy atom. The van der Waals surface area contributed by atoms with Crippen LogP contribution in [-0.2, 0) is 28.6 Å². The van der Waals surface area contributed by atoms with E-state index in [0.29, 0.717) is 48.5 Å². The third-order valence-corrected chi connectivity index (χ3v) is 14.6. The van der Waals surface area contributed by atoms with Crippen LogP contribution < -0.4 is 26.1 Å². The fraction of sp³-hybridized carbons (Fsp3) is 0.608. The molecule has 1 fully saturated rings. The Bertz CT molecular complexity index is 2560. The van der Waals surface area contributed by atoms with Gasteiger partial charge in [0, 0.05) is 97.2 Å². The minimum Gasteiger partial charge on any atom is -0.507 e. The molecule has 0 radical (unpaired) electrons. The first-order valence-electron chi connectivity index (χ1n) is 24.1. The maximum atomic E-state index is 14.9. The van der Waals surface area contributed by atoms with Crippen molar-refractivity contribution in [3.63, 3.8) is 0 Å². The molecule has 19 heteroatoms. The predicted octanol–water partition coefficient (Wildman–Crippen LogP) is 4.36. The standard InChI is InChI=1S/C51H71IN6O12/c1-26-14-12-15-27(2)49(66)54-41-40-39(55-51(56-40)17-21-58(22-18-51)25-28(3)52)36-37(45(41)64)44(63)32(7)47-38(36)48(65)50(8,70-47)68-23-16-33(67-11)29(4)46(31(6)43(62)30(5)42(26)61)69-35(60)24-34(59)53-19-13-20-57(9)10/h12,14-16,23,26,28-31,33,42-43,46,55,61-64H,13,17-22,24-25H2,1-11H3,(H,53,59)/b14-12+,23-16+,27-15-,54-41?/t26-,28?,29+,30+,31+,33-,42-,43+,46+,50-/m0/s1. The fourth-order valence-electron chi connectivity index (χ4n) is 9.90. The molecule has 2 amide bonds. The Hall–Kier alpha value is -4.67. The molecule has 0 aromatic heterocycles. The molecular weight excluding hydrogens is 1020 g/mol. The minimum absolute atomic E-state index is 0.0239. The van der Waals surface area contributed by atoms with Crippen molar-refractivity contribution in [3.05, 3.63) is 58.0 Å². The third-order valence-electron chi connectivity index (χ3n) is 14.2. The molecule has 6 rings (SSSR count). The summed E-state index contributed by atoms with van der Waals surface area (Å²) in [5, 5.41) is 53.9. The Morgan fingerprint density at radius 1 is 1.01 bits per heavy atom. The van der Waals surface area contributed by atoms with Crippen molar-refractivity contribution in [2.45, 2.75) is 121 Å². The number of amides is 2. The van der Waals surface area contributed by atoms with Gasteiger partial charge >= 0.3 is 11.8 Å². The van der Waals surface area contributed by atoms with Gasteiger partial charge in [0.1, 0.15) is 40.4 Å². The lowest BCUT2D eigenvalue weighted by molar-refractivity contribution is -0.164. The number of phenols is 2. The van der Waals surface area contributed by atoms with Gasteiger partial charge in [-0.25, -0.2) is 4.99 Å². The van der Waals surface area contributed by atoms with Gasteiger partial charge in [0.25, 0.3) is 11.7 Å². The Balaban J connectivity index is 1.45. The van der Waals surface area contributed by atoms with Crippen molar-refractivity contribution < 1.29 is 58.6 Å². The molecular formula is C51H71IN6O12. The second-order valence-electron chi connectivity index (χ2n) is 19.9. The van der Waals surface area contributed by atoms with Gasteiger partial charge in [-0.1, -0.05) is 75.4 Å². The smallest absolute Gasteiger partial charge is 0.315 e. The summed E-state index contributed by atoms with van der Waals surface area (Å²) in [4.78, 5) is 69.1. The second-order valence-corrected chi connectivity index (χ2v) is 22.1. The highest BCUT2D eigenvalue weighted by Gasteiger charge is 2.51. The van der Waals surface area contributed by atoms with Crippen LogP contribution in [0.25, 0.3) is 10.8 Å². The van der Waals surface area contributed by atoms with Gasteiger partial charge in [-0.2, -0.15) is 0 Å².